The molecular weight excluding hydrogens is 126 g/mol. The second kappa shape index (κ2) is 3.94. The Morgan fingerprint density at radius 2 is 2.00 bits per heavy atom. The first-order valence-corrected chi connectivity index (χ1v) is 4.22. The molecule has 0 unspecified atom stereocenters. The lowest BCUT2D eigenvalue weighted by Crippen LogP contribution is -2.26. The average molecular weight is 143 g/mol. The van der Waals surface area contributed by atoms with Gasteiger partial charge < -0.3 is 10.8 Å². The number of hydrogen-bond donors (Lipinski definition) is 2. The van der Waals surface area contributed by atoms with Gasteiger partial charge in [-0.2, -0.15) is 0 Å². The highest BCUT2D eigenvalue weighted by atomic mass is 16.3. The molecule has 1 aliphatic carbocycles. The minimum absolute atomic E-state index is 0.0581. The van der Waals surface area contributed by atoms with Gasteiger partial charge in [0.15, 0.2) is 0 Å². The predicted octanol–water partition coefficient (Wildman–Crippen LogP) is 0.886. The van der Waals surface area contributed by atoms with E-state index in [1.807, 2.05) is 0 Å². The zero-order chi connectivity index (χ0) is 7.40. The van der Waals surface area contributed by atoms with Crippen LogP contribution < -0.4 is 5.73 Å². The number of hydrogen-bond acceptors (Lipinski definition) is 2. The molecule has 0 aromatic heterocycles. The van der Waals surface area contributed by atoms with Crippen molar-refractivity contribution >= 4 is 0 Å². The summed E-state index contributed by atoms with van der Waals surface area (Å²) in [4.78, 5) is 0. The van der Waals surface area contributed by atoms with Crippen LogP contribution >= 0.6 is 0 Å². The highest BCUT2D eigenvalue weighted by Gasteiger charge is 2.21. The van der Waals surface area contributed by atoms with Crippen molar-refractivity contribution in [2.24, 2.45) is 11.7 Å². The fraction of sp³-hybridized carbons (Fsp3) is 1.00. The summed E-state index contributed by atoms with van der Waals surface area (Å²) in [5.74, 6) is 0.499. The van der Waals surface area contributed by atoms with Gasteiger partial charge in [-0.1, -0.05) is 12.8 Å². The van der Waals surface area contributed by atoms with Crippen LogP contribution in [-0.4, -0.2) is 17.8 Å². The zero-order valence-corrected chi connectivity index (χ0v) is 6.42. The Bertz CT molecular complexity index is 93.3. The van der Waals surface area contributed by atoms with E-state index in [1.165, 1.54) is 19.3 Å². The predicted molar refractivity (Wildman–Crippen MR) is 41.6 cm³/mol. The maximum Gasteiger partial charge on any atom is 0.0568 e. The van der Waals surface area contributed by atoms with Crippen molar-refractivity contribution in [1.82, 2.24) is 0 Å². The molecule has 0 aromatic carbocycles. The first-order valence-electron chi connectivity index (χ1n) is 4.22. The molecule has 0 heterocycles. The zero-order valence-electron chi connectivity index (χ0n) is 6.42. The first kappa shape index (κ1) is 8.02. The van der Waals surface area contributed by atoms with Crippen molar-refractivity contribution in [2.75, 3.05) is 6.54 Å². The Labute approximate surface area is 62.4 Å². The SMILES string of the molecule is NCC[C@H]1CCCC[C@@H]1O. The lowest BCUT2D eigenvalue weighted by molar-refractivity contribution is 0.0666. The molecule has 10 heavy (non-hydrogen) atoms. The summed E-state index contributed by atoms with van der Waals surface area (Å²) in [6.45, 7) is 0.724. The van der Waals surface area contributed by atoms with Gasteiger partial charge in [-0.15, -0.1) is 0 Å². The van der Waals surface area contributed by atoms with Gasteiger partial charge in [0.2, 0.25) is 0 Å². The fourth-order valence-electron chi connectivity index (χ4n) is 1.74. The van der Waals surface area contributed by atoms with Gasteiger partial charge in [-0.3, -0.25) is 0 Å². The van der Waals surface area contributed by atoms with Gasteiger partial charge in [0, 0.05) is 0 Å². The third-order valence-corrected chi connectivity index (χ3v) is 2.41. The Morgan fingerprint density at radius 1 is 1.30 bits per heavy atom. The minimum atomic E-state index is -0.0581. The second-order valence-corrected chi connectivity index (χ2v) is 3.19. The third-order valence-electron chi connectivity index (χ3n) is 2.41. The lowest BCUT2D eigenvalue weighted by atomic mass is 9.84. The molecule has 3 N–H and O–H groups in total. The van der Waals surface area contributed by atoms with Crippen molar-refractivity contribution in [3.05, 3.63) is 0 Å². The summed E-state index contributed by atoms with van der Waals surface area (Å²) in [5, 5.41) is 9.44. The number of aliphatic hydroxyl groups is 1. The molecule has 2 nitrogen and oxygen atoms in total. The summed E-state index contributed by atoms with van der Waals surface area (Å²) in [7, 11) is 0. The largest absolute Gasteiger partial charge is 0.393 e. The first-order chi connectivity index (χ1) is 4.84. The minimum Gasteiger partial charge on any atom is -0.393 e. The van der Waals surface area contributed by atoms with E-state index < -0.39 is 0 Å². The van der Waals surface area contributed by atoms with Crippen molar-refractivity contribution < 1.29 is 5.11 Å². The van der Waals surface area contributed by atoms with Crippen molar-refractivity contribution in [3.63, 3.8) is 0 Å². The lowest BCUT2D eigenvalue weighted by Gasteiger charge is -2.26. The second-order valence-electron chi connectivity index (χ2n) is 3.19. The van der Waals surface area contributed by atoms with Gasteiger partial charge >= 0.3 is 0 Å². The quantitative estimate of drug-likeness (QED) is 0.603. The maximum absolute atomic E-state index is 9.44. The monoisotopic (exact) mass is 143 g/mol. The van der Waals surface area contributed by atoms with Gasteiger partial charge in [-0.25, -0.2) is 0 Å². The molecule has 0 bridgehead atoms. The number of rotatable bonds is 2. The van der Waals surface area contributed by atoms with Crippen LogP contribution in [0.15, 0.2) is 0 Å². The van der Waals surface area contributed by atoms with E-state index in [1.54, 1.807) is 0 Å². The van der Waals surface area contributed by atoms with Crippen LogP contribution in [0.5, 0.6) is 0 Å². The standard InChI is InChI=1S/C8H17NO/c9-6-5-7-3-1-2-4-8(7)10/h7-8,10H,1-6,9H2/t7-,8+/m1/s1. The van der Waals surface area contributed by atoms with Crippen LogP contribution in [0.2, 0.25) is 0 Å². The molecule has 1 saturated carbocycles. The van der Waals surface area contributed by atoms with E-state index in [4.69, 9.17) is 5.73 Å². The summed E-state index contributed by atoms with van der Waals surface area (Å²) in [6, 6.07) is 0. The molecule has 0 aliphatic heterocycles. The van der Waals surface area contributed by atoms with Crippen LogP contribution in [0.4, 0.5) is 0 Å². The third kappa shape index (κ3) is 1.96. The van der Waals surface area contributed by atoms with Crippen molar-refractivity contribution in [2.45, 2.75) is 38.2 Å². The Morgan fingerprint density at radius 3 is 2.60 bits per heavy atom. The van der Waals surface area contributed by atoms with Crippen LogP contribution in [-0.2, 0) is 0 Å². The molecule has 2 heteroatoms. The molecule has 0 spiro atoms. The van der Waals surface area contributed by atoms with E-state index in [-0.39, 0.29) is 6.10 Å². The van der Waals surface area contributed by atoms with Crippen molar-refractivity contribution in [1.29, 1.82) is 0 Å². The molecule has 1 fully saturated rings. The Hall–Kier alpha value is -0.0800. The molecular formula is C8H17NO. The number of nitrogens with two attached hydrogens (primary N) is 1. The van der Waals surface area contributed by atoms with Crippen LogP contribution in [0.25, 0.3) is 0 Å². The molecule has 1 aliphatic rings. The van der Waals surface area contributed by atoms with Gasteiger partial charge in [0.05, 0.1) is 6.10 Å². The Kier molecular flexibility index (Phi) is 3.16. The molecule has 0 radical (unpaired) electrons. The molecule has 1 rings (SSSR count). The summed E-state index contributed by atoms with van der Waals surface area (Å²) in [6.07, 6.45) is 5.59. The Balaban J connectivity index is 2.25. The molecule has 2 atom stereocenters. The van der Waals surface area contributed by atoms with Crippen LogP contribution in [0.3, 0.4) is 0 Å². The van der Waals surface area contributed by atoms with Crippen LogP contribution in [0, 0.1) is 5.92 Å². The highest BCUT2D eigenvalue weighted by molar-refractivity contribution is 4.74. The van der Waals surface area contributed by atoms with E-state index in [9.17, 15) is 5.11 Å². The topological polar surface area (TPSA) is 46.2 Å². The molecule has 0 saturated heterocycles. The molecule has 0 amide bonds. The van der Waals surface area contributed by atoms with Gasteiger partial charge in [-0.05, 0) is 31.7 Å². The normalized spacial score (nSPS) is 34.2. The van der Waals surface area contributed by atoms with E-state index in [2.05, 4.69) is 0 Å². The van der Waals surface area contributed by atoms with Crippen molar-refractivity contribution in [3.8, 4) is 0 Å². The maximum atomic E-state index is 9.44. The van der Waals surface area contributed by atoms with E-state index in [0.29, 0.717) is 5.92 Å². The fourth-order valence-corrected chi connectivity index (χ4v) is 1.74. The van der Waals surface area contributed by atoms with Gasteiger partial charge in [0.25, 0.3) is 0 Å². The smallest absolute Gasteiger partial charge is 0.0568 e. The molecule has 60 valence electrons. The number of aliphatic hydroxyl groups excluding tert-OH is 1. The van der Waals surface area contributed by atoms with E-state index in [0.717, 1.165) is 19.4 Å². The van der Waals surface area contributed by atoms with E-state index >= 15 is 0 Å². The molecule has 0 aromatic rings. The highest BCUT2D eigenvalue weighted by Crippen LogP contribution is 2.26. The average Bonchev–Trinajstić information content (AvgIpc) is 1.94. The summed E-state index contributed by atoms with van der Waals surface area (Å²) in [5.41, 5.74) is 5.41. The summed E-state index contributed by atoms with van der Waals surface area (Å²) >= 11 is 0. The van der Waals surface area contributed by atoms with Gasteiger partial charge in [0.1, 0.15) is 0 Å². The van der Waals surface area contributed by atoms with Crippen LogP contribution in [0.1, 0.15) is 32.1 Å². The summed E-state index contributed by atoms with van der Waals surface area (Å²) < 4.78 is 0.